The van der Waals surface area contributed by atoms with Gasteiger partial charge in [0, 0.05) is 16.1 Å². The fraction of sp³-hybridized carbons (Fsp3) is 0.0909. The lowest BCUT2D eigenvalue weighted by atomic mass is 10.0. The molecular weight excluding hydrogens is 344 g/mol. The minimum absolute atomic E-state index is 0.0536. The van der Waals surface area contributed by atoms with Gasteiger partial charge in [-0.15, -0.1) is 0 Å². The highest BCUT2D eigenvalue weighted by Crippen LogP contribution is 2.46. The molecule has 2 atom stereocenters. The van der Waals surface area contributed by atoms with Gasteiger partial charge < -0.3 is 10.2 Å². The fourth-order valence-electron chi connectivity index (χ4n) is 3.59. The van der Waals surface area contributed by atoms with Gasteiger partial charge in [-0.1, -0.05) is 72.3 Å². The van der Waals surface area contributed by atoms with Crippen molar-refractivity contribution in [1.82, 2.24) is 10.4 Å². The predicted octanol–water partition coefficient (Wildman–Crippen LogP) is 5.33. The Morgan fingerprint density at radius 3 is 2.38 bits per heavy atom. The average molecular weight is 361 g/mol. The van der Waals surface area contributed by atoms with Crippen molar-refractivity contribution < 1.29 is 4.74 Å². The van der Waals surface area contributed by atoms with Crippen LogP contribution in [0.15, 0.2) is 84.9 Å². The second kappa shape index (κ2) is 6.20. The van der Waals surface area contributed by atoms with E-state index in [9.17, 15) is 0 Å². The first-order chi connectivity index (χ1) is 12.8. The van der Waals surface area contributed by atoms with E-state index in [1.165, 1.54) is 0 Å². The number of halogens is 1. The summed E-state index contributed by atoms with van der Waals surface area (Å²) < 4.78 is 6.34. The molecule has 128 valence electrons. The summed E-state index contributed by atoms with van der Waals surface area (Å²) in [7, 11) is 0. The molecule has 0 fully saturated rings. The minimum atomic E-state index is -0.215. The van der Waals surface area contributed by atoms with Crippen LogP contribution in [0, 0.1) is 0 Å². The first kappa shape index (κ1) is 15.5. The fourth-order valence-corrected chi connectivity index (χ4v) is 3.77. The van der Waals surface area contributed by atoms with Crippen molar-refractivity contribution in [3.63, 3.8) is 0 Å². The Hall–Kier alpha value is -2.75. The number of hydrazine groups is 1. The molecule has 0 amide bonds. The van der Waals surface area contributed by atoms with Gasteiger partial charge in [0.25, 0.3) is 0 Å². The van der Waals surface area contributed by atoms with Gasteiger partial charge in [0.1, 0.15) is 5.75 Å². The Morgan fingerprint density at radius 2 is 1.62 bits per heavy atom. The van der Waals surface area contributed by atoms with E-state index in [0.717, 1.165) is 28.1 Å². The van der Waals surface area contributed by atoms with Crippen LogP contribution in [0.2, 0.25) is 5.02 Å². The van der Waals surface area contributed by atoms with Crippen molar-refractivity contribution in [3.05, 3.63) is 107 Å². The Labute approximate surface area is 157 Å². The van der Waals surface area contributed by atoms with E-state index in [-0.39, 0.29) is 12.3 Å². The van der Waals surface area contributed by atoms with Gasteiger partial charge in [-0.05, 0) is 29.8 Å². The summed E-state index contributed by atoms with van der Waals surface area (Å²) in [6.45, 7) is 0. The molecule has 3 aromatic rings. The summed E-state index contributed by atoms with van der Waals surface area (Å²) in [5, 5.41) is 2.86. The van der Waals surface area contributed by atoms with Gasteiger partial charge in [0.05, 0.1) is 11.7 Å². The van der Waals surface area contributed by atoms with Gasteiger partial charge in [-0.3, -0.25) is 0 Å². The van der Waals surface area contributed by atoms with Crippen LogP contribution in [-0.2, 0) is 0 Å². The van der Waals surface area contributed by atoms with Crippen LogP contribution in [0.3, 0.4) is 0 Å². The molecule has 0 unspecified atom stereocenters. The normalized spacial score (nSPS) is 21.2. The zero-order chi connectivity index (χ0) is 17.5. The summed E-state index contributed by atoms with van der Waals surface area (Å²) >= 11 is 6.26. The number of hydrogen-bond acceptors (Lipinski definition) is 3. The Balaban J connectivity index is 1.61. The highest BCUT2D eigenvalue weighted by atomic mass is 35.5. The molecule has 5 rings (SSSR count). The Kier molecular flexibility index (Phi) is 3.70. The smallest absolute Gasteiger partial charge is 0.195 e. The van der Waals surface area contributed by atoms with Gasteiger partial charge in [0.15, 0.2) is 6.23 Å². The van der Waals surface area contributed by atoms with E-state index in [4.69, 9.17) is 16.3 Å². The molecule has 0 aromatic heterocycles. The lowest BCUT2D eigenvalue weighted by Gasteiger charge is -2.39. The lowest BCUT2D eigenvalue weighted by Crippen LogP contribution is -2.43. The summed E-state index contributed by atoms with van der Waals surface area (Å²) in [5.74, 6) is 0.872. The largest absolute Gasteiger partial charge is 0.469 e. The van der Waals surface area contributed by atoms with E-state index in [0.29, 0.717) is 5.02 Å². The van der Waals surface area contributed by atoms with Crippen molar-refractivity contribution in [2.45, 2.75) is 12.3 Å². The molecule has 0 radical (unpaired) electrons. The second-order valence-electron chi connectivity index (χ2n) is 6.47. The first-order valence-electron chi connectivity index (χ1n) is 8.63. The van der Waals surface area contributed by atoms with Gasteiger partial charge >= 0.3 is 0 Å². The molecule has 0 saturated heterocycles. The van der Waals surface area contributed by atoms with Crippen LogP contribution in [0.4, 0.5) is 0 Å². The quantitative estimate of drug-likeness (QED) is 0.668. The van der Waals surface area contributed by atoms with Crippen LogP contribution in [0.1, 0.15) is 29.0 Å². The van der Waals surface area contributed by atoms with Crippen LogP contribution in [0.5, 0.6) is 5.75 Å². The molecule has 3 aromatic carbocycles. The SMILES string of the molecule is Clc1ccc2c(c1)[C@H]1C=C(c3ccccc3)NN1[C@H](c1ccccc1)O2. The molecule has 0 saturated carbocycles. The predicted molar refractivity (Wildman–Crippen MR) is 103 cm³/mol. The van der Waals surface area contributed by atoms with Gasteiger partial charge in [0.2, 0.25) is 0 Å². The molecule has 1 N–H and O–H groups in total. The molecule has 2 aliphatic rings. The van der Waals surface area contributed by atoms with Gasteiger partial charge in [-0.25, -0.2) is 0 Å². The standard InChI is InChI=1S/C22H17ClN2O/c23-17-11-12-21-18(13-17)20-14-19(15-7-3-1-4-8-15)24-25(20)22(26-21)16-9-5-2-6-10-16/h1-14,20,22,24H/t20-,22+/m1/s1. The summed E-state index contributed by atoms with van der Waals surface area (Å²) in [5.41, 5.74) is 7.95. The van der Waals surface area contributed by atoms with E-state index >= 15 is 0 Å². The second-order valence-corrected chi connectivity index (χ2v) is 6.91. The third-order valence-corrected chi connectivity index (χ3v) is 5.06. The molecule has 0 bridgehead atoms. The highest BCUT2D eigenvalue weighted by molar-refractivity contribution is 6.30. The Morgan fingerprint density at radius 1 is 0.885 bits per heavy atom. The Bertz CT molecular complexity index is 972. The maximum Gasteiger partial charge on any atom is 0.195 e. The van der Waals surface area contributed by atoms with Crippen molar-refractivity contribution in [3.8, 4) is 5.75 Å². The minimum Gasteiger partial charge on any atom is -0.469 e. The average Bonchev–Trinajstić information content (AvgIpc) is 3.15. The highest BCUT2D eigenvalue weighted by Gasteiger charge is 2.40. The number of fused-ring (bicyclic) bond motifs is 3. The van der Waals surface area contributed by atoms with Crippen LogP contribution < -0.4 is 10.2 Å². The third-order valence-electron chi connectivity index (χ3n) is 4.83. The zero-order valence-electron chi connectivity index (χ0n) is 14.0. The van der Waals surface area contributed by atoms with Crippen molar-refractivity contribution in [2.75, 3.05) is 0 Å². The maximum atomic E-state index is 6.34. The van der Waals surface area contributed by atoms with Crippen molar-refractivity contribution in [2.24, 2.45) is 0 Å². The van der Waals surface area contributed by atoms with E-state index in [1.54, 1.807) is 0 Å². The molecule has 2 aliphatic heterocycles. The summed E-state index contributed by atoms with van der Waals surface area (Å²) in [6.07, 6.45) is 2.02. The molecule has 2 heterocycles. The van der Waals surface area contributed by atoms with Crippen molar-refractivity contribution >= 4 is 17.3 Å². The number of nitrogens with one attached hydrogen (secondary N) is 1. The summed E-state index contributed by atoms with van der Waals surface area (Å²) in [4.78, 5) is 0. The summed E-state index contributed by atoms with van der Waals surface area (Å²) in [6, 6.07) is 26.5. The van der Waals surface area contributed by atoms with Gasteiger partial charge in [-0.2, -0.15) is 5.01 Å². The van der Waals surface area contributed by atoms with E-state index < -0.39 is 0 Å². The first-order valence-corrected chi connectivity index (χ1v) is 9.01. The van der Waals surface area contributed by atoms with Crippen LogP contribution in [-0.4, -0.2) is 5.01 Å². The van der Waals surface area contributed by atoms with Crippen LogP contribution >= 0.6 is 11.6 Å². The lowest BCUT2D eigenvalue weighted by molar-refractivity contribution is -0.0326. The van der Waals surface area contributed by atoms with E-state index in [2.05, 4.69) is 40.8 Å². The monoisotopic (exact) mass is 360 g/mol. The molecular formula is C22H17ClN2O. The molecule has 3 nitrogen and oxygen atoms in total. The number of ether oxygens (including phenoxy) is 1. The molecule has 26 heavy (non-hydrogen) atoms. The number of nitrogens with zero attached hydrogens (tertiary/aromatic N) is 1. The number of benzene rings is 3. The van der Waals surface area contributed by atoms with Crippen LogP contribution in [0.25, 0.3) is 5.70 Å². The maximum absolute atomic E-state index is 6.34. The van der Waals surface area contributed by atoms with Crippen molar-refractivity contribution in [1.29, 1.82) is 0 Å². The molecule has 4 heteroatoms. The third kappa shape index (κ3) is 2.57. The number of rotatable bonds is 2. The topological polar surface area (TPSA) is 24.5 Å². The van der Waals surface area contributed by atoms with E-state index in [1.807, 2.05) is 54.6 Å². The molecule has 0 spiro atoms. The number of hydrogen-bond donors (Lipinski definition) is 1. The molecule has 0 aliphatic carbocycles. The zero-order valence-corrected chi connectivity index (χ0v) is 14.7.